The summed E-state index contributed by atoms with van der Waals surface area (Å²) < 4.78 is 28.7. The highest BCUT2D eigenvalue weighted by molar-refractivity contribution is 5.74. The van der Waals surface area contributed by atoms with Gasteiger partial charge < -0.3 is 39.0 Å². The van der Waals surface area contributed by atoms with E-state index < -0.39 is 67.3 Å². The molecule has 0 saturated carbocycles. The summed E-state index contributed by atoms with van der Waals surface area (Å²) in [7, 11) is 0. The third kappa shape index (κ3) is 50.5. The van der Waals surface area contributed by atoms with Crippen molar-refractivity contribution in [1.82, 2.24) is 0 Å². The van der Waals surface area contributed by atoms with Crippen LogP contribution in [-0.2, 0) is 42.9 Å². The van der Waals surface area contributed by atoms with Gasteiger partial charge in [0.1, 0.15) is 18.8 Å². The summed E-state index contributed by atoms with van der Waals surface area (Å²) in [5.74, 6) is -3.09. The molecule has 496 valence electrons. The van der Waals surface area contributed by atoms with Gasteiger partial charge in [-0.3, -0.25) is 14.4 Å². The van der Waals surface area contributed by atoms with Crippen molar-refractivity contribution < 1.29 is 58.2 Å². The number of carbonyl (C=O) groups is 4. The van der Waals surface area contributed by atoms with E-state index >= 15 is 0 Å². The molecule has 1 aliphatic heterocycles. The van der Waals surface area contributed by atoms with Gasteiger partial charge in [-0.1, -0.05) is 295 Å². The minimum absolute atomic E-state index is 0.0658. The van der Waals surface area contributed by atoms with E-state index in [1.165, 1.54) is 218 Å². The number of aliphatic hydroxyl groups excluding tert-OH is 2. The van der Waals surface area contributed by atoms with Gasteiger partial charge in [-0.2, -0.15) is 0 Å². The third-order valence-corrected chi connectivity index (χ3v) is 16.7. The molecule has 6 unspecified atom stereocenters. The number of carbonyl (C=O) groups excluding carboxylic acids is 3. The molecule has 0 aromatic rings. The predicted octanol–water partition coefficient (Wildman–Crippen LogP) is 19.9. The van der Waals surface area contributed by atoms with Crippen LogP contribution >= 0.6 is 0 Å². The zero-order valence-corrected chi connectivity index (χ0v) is 55.1. The zero-order valence-electron chi connectivity index (χ0n) is 55.1. The Labute approximate surface area is 521 Å². The van der Waals surface area contributed by atoms with E-state index in [-0.39, 0.29) is 25.9 Å². The van der Waals surface area contributed by atoms with E-state index in [0.29, 0.717) is 19.3 Å². The first-order chi connectivity index (χ1) is 41.6. The molecule has 6 atom stereocenters. The molecule has 1 fully saturated rings. The van der Waals surface area contributed by atoms with Crippen molar-refractivity contribution in [3.63, 3.8) is 0 Å². The summed E-state index contributed by atoms with van der Waals surface area (Å²) in [5.41, 5.74) is 0. The van der Waals surface area contributed by atoms with E-state index in [1.807, 2.05) is 0 Å². The minimum atomic E-state index is -1.90. The molecule has 1 saturated heterocycles. The van der Waals surface area contributed by atoms with Gasteiger partial charge in [0.25, 0.3) is 0 Å². The number of carboxylic acids is 1. The normalized spacial score (nSPS) is 17.6. The molecule has 3 N–H and O–H groups in total. The molecule has 1 heterocycles. The Balaban J connectivity index is 2.61. The maximum atomic E-state index is 13.2. The molecule has 0 bridgehead atoms. The third-order valence-electron chi connectivity index (χ3n) is 16.7. The highest BCUT2D eigenvalue weighted by atomic mass is 16.7. The van der Waals surface area contributed by atoms with Crippen molar-refractivity contribution in [1.29, 1.82) is 0 Å². The molecule has 0 aromatic carbocycles. The second kappa shape index (κ2) is 61.2. The first kappa shape index (κ1) is 80.0. The number of aliphatic hydroxyl groups is 2. The molecule has 0 amide bonds. The fourth-order valence-corrected chi connectivity index (χ4v) is 11.2. The Morgan fingerprint density at radius 2 is 0.706 bits per heavy atom. The van der Waals surface area contributed by atoms with Crippen LogP contribution in [0.15, 0.2) is 36.5 Å². The lowest BCUT2D eigenvalue weighted by Gasteiger charge is -2.40. The topological polar surface area (TPSA) is 175 Å². The molecule has 85 heavy (non-hydrogen) atoms. The van der Waals surface area contributed by atoms with Crippen LogP contribution < -0.4 is 0 Å². The number of esters is 3. The lowest BCUT2D eigenvalue weighted by Crippen LogP contribution is -2.61. The number of ether oxygens (including phenoxy) is 5. The van der Waals surface area contributed by atoms with Crippen LogP contribution in [0.4, 0.5) is 0 Å². The quantitative estimate of drug-likeness (QED) is 0.0228. The molecular formula is C73H132O12. The van der Waals surface area contributed by atoms with Crippen molar-refractivity contribution in [3.8, 4) is 0 Å². The predicted molar refractivity (Wildman–Crippen MR) is 350 cm³/mol. The Bertz CT molecular complexity index is 1610. The second-order valence-corrected chi connectivity index (χ2v) is 24.9. The van der Waals surface area contributed by atoms with Gasteiger partial charge in [0.15, 0.2) is 24.6 Å². The molecular weight excluding hydrogens is 1070 g/mol. The lowest BCUT2D eigenvalue weighted by molar-refractivity contribution is -0.301. The molecule has 12 heteroatoms. The Hall–Kier alpha value is -3.06. The lowest BCUT2D eigenvalue weighted by atomic mass is 9.98. The number of rotatable bonds is 63. The van der Waals surface area contributed by atoms with Crippen LogP contribution in [0.5, 0.6) is 0 Å². The number of hydrogen-bond acceptors (Lipinski definition) is 11. The van der Waals surface area contributed by atoms with Gasteiger partial charge in [0.2, 0.25) is 0 Å². The number of allylic oxidation sites excluding steroid dienone is 6. The van der Waals surface area contributed by atoms with E-state index in [1.54, 1.807) is 0 Å². The molecule has 1 rings (SSSR count). The fourth-order valence-electron chi connectivity index (χ4n) is 11.2. The van der Waals surface area contributed by atoms with Gasteiger partial charge in [0, 0.05) is 19.3 Å². The molecule has 0 aliphatic carbocycles. The smallest absolute Gasteiger partial charge is 0.335 e. The monoisotopic (exact) mass is 1200 g/mol. The van der Waals surface area contributed by atoms with Crippen molar-refractivity contribution in [3.05, 3.63) is 36.5 Å². The van der Waals surface area contributed by atoms with E-state index in [9.17, 15) is 34.5 Å². The molecule has 0 radical (unpaired) electrons. The molecule has 1 aliphatic rings. The van der Waals surface area contributed by atoms with E-state index in [4.69, 9.17) is 23.7 Å². The van der Waals surface area contributed by atoms with Crippen molar-refractivity contribution in [2.24, 2.45) is 0 Å². The van der Waals surface area contributed by atoms with Gasteiger partial charge >= 0.3 is 23.9 Å². The highest BCUT2D eigenvalue weighted by Gasteiger charge is 2.50. The van der Waals surface area contributed by atoms with Crippen molar-refractivity contribution in [2.45, 2.75) is 391 Å². The summed E-state index contributed by atoms with van der Waals surface area (Å²) in [4.78, 5) is 51.5. The molecule has 12 nitrogen and oxygen atoms in total. The Morgan fingerprint density at radius 1 is 0.388 bits per heavy atom. The molecule has 0 aromatic heterocycles. The standard InChI is InChI=1S/C73H132O12/c1-4-7-10-13-16-19-22-25-28-31-33-36-38-41-44-47-50-53-56-59-65(74)81-62-64(83-66(75)60-57-54-51-48-45-42-39-35-30-27-24-21-18-15-12-9-6-3)63-82-73-71(69(78)68(77)70(85-73)72(79)80)84-67(76)61-58-55-52-49-46-43-40-37-34-32-29-26-23-20-17-14-11-8-5-2/h18,21,25,27-28,30,64,68-71,73,77-78H,4-17,19-20,22-24,26,29,31-63H2,1-3H3,(H,79,80)/b21-18-,28-25-,30-27-. The summed E-state index contributed by atoms with van der Waals surface area (Å²) in [5, 5.41) is 31.7. The minimum Gasteiger partial charge on any atom is -0.479 e. The Kier molecular flexibility index (Phi) is 57.6. The summed E-state index contributed by atoms with van der Waals surface area (Å²) in [6.07, 6.45) is 62.4. The fraction of sp³-hybridized carbons (Fsp3) is 0.863. The van der Waals surface area contributed by atoms with Crippen molar-refractivity contribution >= 4 is 23.9 Å². The number of carboxylic acid groups (broad SMARTS) is 1. The second-order valence-electron chi connectivity index (χ2n) is 24.9. The van der Waals surface area contributed by atoms with Crippen LogP contribution in [-0.4, -0.2) is 89.2 Å². The van der Waals surface area contributed by atoms with Crippen LogP contribution in [0.3, 0.4) is 0 Å². The van der Waals surface area contributed by atoms with Gasteiger partial charge in [0.05, 0.1) is 6.61 Å². The summed E-state index contributed by atoms with van der Waals surface area (Å²) in [6, 6.07) is 0. The summed E-state index contributed by atoms with van der Waals surface area (Å²) in [6.45, 7) is 6.04. The average Bonchev–Trinajstić information content (AvgIpc) is 3.53. The summed E-state index contributed by atoms with van der Waals surface area (Å²) >= 11 is 0. The number of hydrogen-bond donors (Lipinski definition) is 3. The largest absolute Gasteiger partial charge is 0.479 e. The van der Waals surface area contributed by atoms with Gasteiger partial charge in [-0.15, -0.1) is 0 Å². The number of aliphatic carboxylic acids is 1. The SMILES string of the molecule is CCCCC/C=C\C/C=C\CCCCCCCCCC(=O)OC(COC(=O)CCCCCCCCCCC/C=C\CCCCCCCC)COC1OC(C(=O)O)C(O)C(O)C1OC(=O)CCCCCCCCCCCCCCCCCCCCC. The van der Waals surface area contributed by atoms with Crippen LogP contribution in [0.1, 0.15) is 355 Å². The zero-order chi connectivity index (χ0) is 61.7. The van der Waals surface area contributed by atoms with Crippen LogP contribution in [0, 0.1) is 0 Å². The Morgan fingerprint density at radius 3 is 1.09 bits per heavy atom. The first-order valence-electron chi connectivity index (χ1n) is 36.0. The highest BCUT2D eigenvalue weighted by Crippen LogP contribution is 2.27. The van der Waals surface area contributed by atoms with Gasteiger partial charge in [-0.25, -0.2) is 4.79 Å². The van der Waals surface area contributed by atoms with Crippen LogP contribution in [0.2, 0.25) is 0 Å². The molecule has 0 spiro atoms. The maximum absolute atomic E-state index is 13.2. The van der Waals surface area contributed by atoms with E-state index in [0.717, 1.165) is 77.0 Å². The maximum Gasteiger partial charge on any atom is 0.335 e. The number of unbranched alkanes of at least 4 members (excludes halogenated alkanes) is 43. The first-order valence-corrected chi connectivity index (χ1v) is 36.0. The van der Waals surface area contributed by atoms with Crippen molar-refractivity contribution in [2.75, 3.05) is 13.2 Å². The van der Waals surface area contributed by atoms with E-state index in [2.05, 4.69) is 57.2 Å². The average molecular weight is 1200 g/mol. The van der Waals surface area contributed by atoms with Crippen LogP contribution in [0.25, 0.3) is 0 Å². The van der Waals surface area contributed by atoms with Gasteiger partial charge in [-0.05, 0) is 77.0 Å².